The van der Waals surface area contributed by atoms with Gasteiger partial charge in [-0.2, -0.15) is 0 Å². The number of nitrogens with two attached hydrogens (primary N) is 1. The van der Waals surface area contributed by atoms with Crippen LogP contribution in [0.15, 0.2) is 29.1 Å². The van der Waals surface area contributed by atoms with E-state index in [4.69, 9.17) is 5.73 Å². The molecule has 4 N–H and O–H groups in total. The van der Waals surface area contributed by atoms with Gasteiger partial charge in [0.2, 0.25) is 11.5 Å². The van der Waals surface area contributed by atoms with E-state index >= 15 is 0 Å². The highest BCUT2D eigenvalue weighted by Gasteiger charge is 2.41. The van der Waals surface area contributed by atoms with Crippen molar-refractivity contribution in [2.45, 2.75) is 31.2 Å². The number of hydrogen-bond donors (Lipinski definition) is 3. The van der Waals surface area contributed by atoms with Gasteiger partial charge in [-0.05, 0) is 31.0 Å². The molecule has 7 heteroatoms. The average Bonchev–Trinajstić information content (AvgIpc) is 2.95. The molecule has 0 aliphatic heterocycles. The molecule has 3 rings (SSSR count). The first kappa shape index (κ1) is 15.2. The van der Waals surface area contributed by atoms with Gasteiger partial charge < -0.3 is 16.0 Å². The zero-order valence-corrected chi connectivity index (χ0v) is 12.3. The molecule has 1 saturated carbocycles. The molecule has 1 fully saturated rings. The Bertz CT molecular complexity index is 853. The van der Waals surface area contributed by atoms with E-state index < -0.39 is 28.7 Å². The molecule has 2 amide bonds. The van der Waals surface area contributed by atoms with Gasteiger partial charge in [0.25, 0.3) is 5.91 Å². The summed E-state index contributed by atoms with van der Waals surface area (Å²) in [6.07, 6.45) is 2.54. The monoisotopic (exact) mass is 317 g/mol. The summed E-state index contributed by atoms with van der Waals surface area (Å²) in [5, 5.41) is 3.09. The Morgan fingerprint density at radius 2 is 1.91 bits per heavy atom. The number of carbonyl (C=O) groups excluding carboxylic acids is 2. The zero-order valence-electron chi connectivity index (χ0n) is 12.3. The molecule has 0 unspecified atom stereocenters. The van der Waals surface area contributed by atoms with Crippen LogP contribution in [0.2, 0.25) is 0 Å². The smallest absolute Gasteiger partial charge is 0.253 e. The molecule has 1 aliphatic carbocycles. The first-order valence-electron chi connectivity index (χ1n) is 7.36. The molecule has 1 aromatic heterocycles. The van der Waals surface area contributed by atoms with Gasteiger partial charge in [-0.25, -0.2) is 4.39 Å². The zero-order chi connectivity index (χ0) is 16.6. The van der Waals surface area contributed by atoms with Gasteiger partial charge in [0.1, 0.15) is 11.4 Å². The number of carbonyl (C=O) groups is 2. The summed E-state index contributed by atoms with van der Waals surface area (Å²) < 4.78 is 13.3. The Morgan fingerprint density at radius 1 is 1.22 bits per heavy atom. The maximum Gasteiger partial charge on any atom is 0.253 e. The van der Waals surface area contributed by atoms with E-state index in [2.05, 4.69) is 10.3 Å². The van der Waals surface area contributed by atoms with Crippen LogP contribution in [0.4, 0.5) is 4.39 Å². The summed E-state index contributed by atoms with van der Waals surface area (Å²) in [7, 11) is 0. The van der Waals surface area contributed by atoms with E-state index in [1.54, 1.807) is 0 Å². The molecule has 23 heavy (non-hydrogen) atoms. The lowest BCUT2D eigenvalue weighted by Crippen LogP contribution is -2.55. The summed E-state index contributed by atoms with van der Waals surface area (Å²) in [5.41, 5.74) is 4.17. The van der Waals surface area contributed by atoms with Gasteiger partial charge in [0, 0.05) is 11.5 Å². The Morgan fingerprint density at radius 3 is 2.57 bits per heavy atom. The van der Waals surface area contributed by atoms with Gasteiger partial charge >= 0.3 is 0 Å². The predicted octanol–water partition coefficient (Wildman–Crippen LogP) is 1.20. The van der Waals surface area contributed by atoms with Crippen LogP contribution < -0.4 is 16.6 Å². The Labute approximate surface area is 130 Å². The molecule has 1 heterocycles. The van der Waals surface area contributed by atoms with Crippen LogP contribution in [0, 0.1) is 5.82 Å². The summed E-state index contributed by atoms with van der Waals surface area (Å²) in [6, 6.07) is 4.91. The standard InChI is InChI=1S/C16H16FN3O3/c17-9-3-4-10-11(8-13(21)19-12(10)7-9)14(22)20-16(15(18)23)5-1-2-6-16/h3-4,7-8H,1-2,5-6H2,(H2,18,23)(H,19,21)(H,20,22). The quantitative estimate of drug-likeness (QED) is 0.792. The minimum atomic E-state index is -1.08. The normalized spacial score (nSPS) is 16.4. The van der Waals surface area contributed by atoms with E-state index in [9.17, 15) is 18.8 Å². The van der Waals surface area contributed by atoms with Gasteiger partial charge in [-0.15, -0.1) is 0 Å². The molecule has 0 saturated heterocycles. The third-order valence-corrected chi connectivity index (χ3v) is 4.33. The van der Waals surface area contributed by atoms with Gasteiger partial charge in [-0.1, -0.05) is 12.8 Å². The topological polar surface area (TPSA) is 105 Å². The number of halogens is 1. The second kappa shape index (κ2) is 5.49. The van der Waals surface area contributed by atoms with Crippen LogP contribution >= 0.6 is 0 Å². The van der Waals surface area contributed by atoms with E-state index in [0.29, 0.717) is 18.2 Å². The number of amides is 2. The van der Waals surface area contributed by atoms with Crippen LogP contribution in [0.1, 0.15) is 36.0 Å². The molecule has 120 valence electrons. The number of rotatable bonds is 3. The lowest BCUT2D eigenvalue weighted by Gasteiger charge is -2.26. The van der Waals surface area contributed by atoms with Crippen molar-refractivity contribution in [3.05, 3.63) is 46.0 Å². The highest BCUT2D eigenvalue weighted by Crippen LogP contribution is 2.30. The summed E-state index contributed by atoms with van der Waals surface area (Å²) in [5.74, 6) is -1.66. The molecule has 1 aliphatic rings. The lowest BCUT2D eigenvalue weighted by atomic mass is 9.95. The van der Waals surface area contributed by atoms with Crippen LogP contribution in [0.25, 0.3) is 10.9 Å². The first-order chi connectivity index (χ1) is 10.9. The highest BCUT2D eigenvalue weighted by molar-refractivity contribution is 6.07. The maximum atomic E-state index is 13.3. The number of pyridine rings is 1. The Kier molecular flexibility index (Phi) is 3.63. The second-order valence-corrected chi connectivity index (χ2v) is 5.84. The second-order valence-electron chi connectivity index (χ2n) is 5.84. The van der Waals surface area contributed by atoms with E-state index in [0.717, 1.165) is 25.0 Å². The van der Waals surface area contributed by atoms with E-state index in [1.807, 2.05) is 0 Å². The van der Waals surface area contributed by atoms with Crippen molar-refractivity contribution in [2.75, 3.05) is 0 Å². The molecule has 0 atom stereocenters. The maximum absolute atomic E-state index is 13.3. The minimum Gasteiger partial charge on any atom is -0.368 e. The first-order valence-corrected chi connectivity index (χ1v) is 7.36. The number of aromatic amines is 1. The number of benzene rings is 1. The summed E-state index contributed by atoms with van der Waals surface area (Å²) >= 11 is 0. The van der Waals surface area contributed by atoms with Crippen molar-refractivity contribution in [1.82, 2.24) is 10.3 Å². The van der Waals surface area contributed by atoms with E-state index in [-0.39, 0.29) is 11.1 Å². The van der Waals surface area contributed by atoms with Crippen LogP contribution in [0.5, 0.6) is 0 Å². The van der Waals surface area contributed by atoms with Gasteiger partial charge in [0.05, 0.1) is 11.1 Å². The third kappa shape index (κ3) is 2.69. The van der Waals surface area contributed by atoms with Crippen molar-refractivity contribution in [2.24, 2.45) is 5.73 Å². The van der Waals surface area contributed by atoms with Crippen molar-refractivity contribution in [3.8, 4) is 0 Å². The summed E-state index contributed by atoms with van der Waals surface area (Å²) in [6.45, 7) is 0. The van der Waals surface area contributed by atoms with Crippen molar-refractivity contribution in [3.63, 3.8) is 0 Å². The molecule has 0 bridgehead atoms. The molecular formula is C16H16FN3O3. The fraction of sp³-hybridized carbons (Fsp3) is 0.312. The molecule has 2 aromatic rings. The van der Waals surface area contributed by atoms with Crippen molar-refractivity contribution >= 4 is 22.7 Å². The fourth-order valence-electron chi connectivity index (χ4n) is 3.12. The molecular weight excluding hydrogens is 301 g/mol. The van der Waals surface area contributed by atoms with Crippen molar-refractivity contribution in [1.29, 1.82) is 0 Å². The Hall–Kier alpha value is -2.70. The number of hydrogen-bond acceptors (Lipinski definition) is 3. The molecule has 0 spiro atoms. The molecule has 6 nitrogen and oxygen atoms in total. The van der Waals surface area contributed by atoms with Gasteiger partial charge in [-0.3, -0.25) is 14.4 Å². The minimum absolute atomic E-state index is 0.0938. The van der Waals surface area contributed by atoms with Crippen LogP contribution in [0.3, 0.4) is 0 Å². The number of nitrogens with one attached hydrogen (secondary N) is 2. The average molecular weight is 317 g/mol. The summed E-state index contributed by atoms with van der Waals surface area (Å²) in [4.78, 5) is 38.6. The van der Waals surface area contributed by atoms with Crippen molar-refractivity contribution < 1.29 is 14.0 Å². The number of H-pyrrole nitrogens is 1. The molecule has 0 radical (unpaired) electrons. The number of aromatic nitrogens is 1. The Balaban J connectivity index is 2.04. The number of fused-ring (bicyclic) bond motifs is 1. The van der Waals surface area contributed by atoms with E-state index in [1.165, 1.54) is 12.1 Å². The largest absolute Gasteiger partial charge is 0.368 e. The third-order valence-electron chi connectivity index (χ3n) is 4.33. The highest BCUT2D eigenvalue weighted by atomic mass is 19.1. The van der Waals surface area contributed by atoms with Gasteiger partial charge in [0.15, 0.2) is 0 Å². The number of primary amides is 1. The van der Waals surface area contributed by atoms with Crippen LogP contribution in [-0.2, 0) is 4.79 Å². The fourth-order valence-corrected chi connectivity index (χ4v) is 3.12. The van der Waals surface area contributed by atoms with Crippen LogP contribution in [-0.4, -0.2) is 22.3 Å². The molecule has 1 aromatic carbocycles. The predicted molar refractivity (Wildman–Crippen MR) is 82.4 cm³/mol. The lowest BCUT2D eigenvalue weighted by molar-refractivity contribution is -0.123. The SMILES string of the molecule is NC(=O)C1(NC(=O)c2cc(=O)[nH]c3cc(F)ccc23)CCCC1.